The lowest BCUT2D eigenvalue weighted by molar-refractivity contribution is 0.274. The van der Waals surface area contributed by atoms with Crippen LogP contribution >= 0.6 is 11.6 Å². The molecule has 0 amide bonds. The zero-order valence-corrected chi connectivity index (χ0v) is 11.2. The van der Waals surface area contributed by atoms with E-state index in [1.807, 2.05) is 31.2 Å². The Kier molecular flexibility index (Phi) is 4.38. The molecular weight excluding hydrogens is 270 g/mol. The Morgan fingerprint density at radius 2 is 1.74 bits per heavy atom. The van der Waals surface area contributed by atoms with E-state index in [0.717, 1.165) is 11.1 Å². The molecule has 0 N–H and O–H groups in total. The zero-order valence-electron chi connectivity index (χ0n) is 10.4. The topological polar surface area (TPSA) is 9.23 Å². The van der Waals surface area contributed by atoms with E-state index in [0.29, 0.717) is 5.56 Å². The Morgan fingerprint density at radius 3 is 2.32 bits per heavy atom. The number of halogens is 3. The highest BCUT2D eigenvalue weighted by Crippen LogP contribution is 2.25. The normalized spacial score (nSPS) is 10.5. The summed E-state index contributed by atoms with van der Waals surface area (Å²) in [4.78, 5) is 0. The van der Waals surface area contributed by atoms with Gasteiger partial charge < -0.3 is 4.74 Å². The number of benzene rings is 2. The predicted molar refractivity (Wildman–Crippen MR) is 71.4 cm³/mol. The van der Waals surface area contributed by atoms with Gasteiger partial charge in [-0.1, -0.05) is 29.8 Å². The van der Waals surface area contributed by atoms with Crippen molar-refractivity contribution < 1.29 is 13.5 Å². The zero-order chi connectivity index (χ0) is 13.8. The van der Waals surface area contributed by atoms with E-state index in [-0.39, 0.29) is 18.2 Å². The van der Waals surface area contributed by atoms with E-state index in [2.05, 4.69) is 0 Å². The van der Waals surface area contributed by atoms with Crippen LogP contribution in [0.25, 0.3) is 0 Å². The van der Waals surface area contributed by atoms with Crippen molar-refractivity contribution in [2.75, 3.05) is 0 Å². The van der Waals surface area contributed by atoms with E-state index in [1.165, 1.54) is 12.1 Å². The average Bonchev–Trinajstić information content (AvgIpc) is 2.37. The van der Waals surface area contributed by atoms with Crippen molar-refractivity contribution in [2.45, 2.75) is 19.4 Å². The van der Waals surface area contributed by atoms with Crippen LogP contribution in [0.2, 0.25) is 0 Å². The SMILES string of the molecule is Cc1cccc(COc2c(F)cc(CCl)cc2F)c1. The van der Waals surface area contributed by atoms with Crippen molar-refractivity contribution in [1.29, 1.82) is 0 Å². The first kappa shape index (κ1) is 13.8. The minimum Gasteiger partial charge on any atom is -0.483 e. The van der Waals surface area contributed by atoms with Crippen LogP contribution in [0.3, 0.4) is 0 Å². The summed E-state index contributed by atoms with van der Waals surface area (Å²) < 4.78 is 32.5. The van der Waals surface area contributed by atoms with Crippen LogP contribution in [0.15, 0.2) is 36.4 Å². The molecule has 0 spiro atoms. The molecule has 2 aromatic carbocycles. The lowest BCUT2D eigenvalue weighted by Crippen LogP contribution is -2.01. The van der Waals surface area contributed by atoms with Crippen LogP contribution in [-0.4, -0.2) is 0 Å². The first-order valence-corrected chi connectivity index (χ1v) is 6.36. The fourth-order valence-electron chi connectivity index (χ4n) is 1.78. The van der Waals surface area contributed by atoms with Gasteiger partial charge in [-0.25, -0.2) is 8.78 Å². The van der Waals surface area contributed by atoms with Gasteiger partial charge in [0.15, 0.2) is 17.4 Å². The highest BCUT2D eigenvalue weighted by molar-refractivity contribution is 6.17. The van der Waals surface area contributed by atoms with Gasteiger partial charge in [-0.2, -0.15) is 0 Å². The number of aryl methyl sites for hydroxylation is 1. The molecule has 0 fully saturated rings. The van der Waals surface area contributed by atoms with Crippen molar-refractivity contribution in [3.05, 3.63) is 64.7 Å². The Balaban J connectivity index is 2.16. The van der Waals surface area contributed by atoms with E-state index >= 15 is 0 Å². The molecule has 19 heavy (non-hydrogen) atoms. The van der Waals surface area contributed by atoms with Gasteiger partial charge in [-0.15, -0.1) is 11.6 Å². The minimum absolute atomic E-state index is 0.0615. The third-order valence-corrected chi connectivity index (χ3v) is 2.99. The molecule has 0 aliphatic carbocycles. The van der Waals surface area contributed by atoms with E-state index in [4.69, 9.17) is 16.3 Å². The van der Waals surface area contributed by atoms with Crippen LogP contribution in [0.1, 0.15) is 16.7 Å². The summed E-state index contributed by atoms with van der Waals surface area (Å²) in [6.07, 6.45) is 0. The Labute approximate surface area is 115 Å². The molecule has 4 heteroatoms. The highest BCUT2D eigenvalue weighted by atomic mass is 35.5. The molecular formula is C15H13ClF2O. The standard InChI is InChI=1S/C15H13ClF2O/c1-10-3-2-4-11(5-10)9-19-15-13(17)6-12(8-16)7-14(15)18/h2-7H,8-9H2,1H3. The van der Waals surface area contributed by atoms with Gasteiger partial charge in [0, 0.05) is 5.88 Å². The molecule has 100 valence electrons. The molecule has 0 saturated heterocycles. The van der Waals surface area contributed by atoms with Crippen LogP contribution in [-0.2, 0) is 12.5 Å². The van der Waals surface area contributed by atoms with E-state index in [1.54, 1.807) is 0 Å². The molecule has 0 aromatic heterocycles. The third-order valence-electron chi connectivity index (χ3n) is 2.68. The fraction of sp³-hybridized carbons (Fsp3) is 0.200. The molecule has 0 radical (unpaired) electrons. The number of hydrogen-bond donors (Lipinski definition) is 0. The van der Waals surface area contributed by atoms with Gasteiger partial charge in [-0.3, -0.25) is 0 Å². The molecule has 0 unspecified atom stereocenters. The summed E-state index contributed by atoms with van der Waals surface area (Å²) in [6.45, 7) is 2.07. The third kappa shape index (κ3) is 3.44. The fourth-order valence-corrected chi connectivity index (χ4v) is 1.94. The van der Waals surface area contributed by atoms with Crippen molar-refractivity contribution in [2.24, 2.45) is 0 Å². The molecule has 0 heterocycles. The first-order chi connectivity index (χ1) is 9.10. The van der Waals surface area contributed by atoms with Gasteiger partial charge in [0.1, 0.15) is 6.61 Å². The predicted octanol–water partition coefficient (Wildman–Crippen LogP) is 4.59. The summed E-state index contributed by atoms with van der Waals surface area (Å²) in [6, 6.07) is 9.93. The lowest BCUT2D eigenvalue weighted by atomic mass is 10.1. The van der Waals surface area contributed by atoms with Crippen LogP contribution in [0, 0.1) is 18.6 Å². The molecule has 0 aliphatic heterocycles. The number of rotatable bonds is 4. The summed E-state index contributed by atoms with van der Waals surface area (Å²) in [5.74, 6) is -1.77. The van der Waals surface area contributed by atoms with E-state index in [9.17, 15) is 8.78 Å². The molecule has 1 nitrogen and oxygen atoms in total. The summed E-state index contributed by atoms with van der Waals surface area (Å²) in [5.41, 5.74) is 2.32. The maximum absolute atomic E-state index is 13.7. The second kappa shape index (κ2) is 6.02. The highest BCUT2D eigenvalue weighted by Gasteiger charge is 2.12. The summed E-state index contributed by atoms with van der Waals surface area (Å²) >= 11 is 5.54. The molecule has 0 atom stereocenters. The Morgan fingerprint density at radius 1 is 1.05 bits per heavy atom. The maximum atomic E-state index is 13.7. The molecule has 0 bridgehead atoms. The molecule has 0 saturated carbocycles. The quantitative estimate of drug-likeness (QED) is 0.745. The van der Waals surface area contributed by atoms with Crippen molar-refractivity contribution in [3.63, 3.8) is 0 Å². The molecule has 2 rings (SSSR count). The maximum Gasteiger partial charge on any atom is 0.191 e. The van der Waals surface area contributed by atoms with Gasteiger partial charge in [0.25, 0.3) is 0 Å². The van der Waals surface area contributed by atoms with Crippen molar-refractivity contribution in [3.8, 4) is 5.75 Å². The molecule has 0 aliphatic rings. The van der Waals surface area contributed by atoms with Crippen LogP contribution in [0.5, 0.6) is 5.75 Å². The number of hydrogen-bond acceptors (Lipinski definition) is 1. The van der Waals surface area contributed by atoms with Gasteiger partial charge in [0.2, 0.25) is 0 Å². The van der Waals surface area contributed by atoms with Gasteiger partial charge >= 0.3 is 0 Å². The smallest absolute Gasteiger partial charge is 0.191 e. The van der Waals surface area contributed by atoms with Gasteiger partial charge in [-0.05, 0) is 30.2 Å². The Hall–Kier alpha value is -1.61. The van der Waals surface area contributed by atoms with Gasteiger partial charge in [0.05, 0.1) is 0 Å². The van der Waals surface area contributed by atoms with Crippen LogP contribution in [0.4, 0.5) is 8.78 Å². The number of ether oxygens (including phenoxy) is 1. The van der Waals surface area contributed by atoms with Crippen molar-refractivity contribution >= 4 is 11.6 Å². The Bertz CT molecular complexity index is 561. The second-order valence-electron chi connectivity index (χ2n) is 4.30. The van der Waals surface area contributed by atoms with E-state index < -0.39 is 11.6 Å². The molecule has 2 aromatic rings. The summed E-state index contributed by atoms with van der Waals surface area (Å²) in [7, 11) is 0. The average molecular weight is 283 g/mol. The lowest BCUT2D eigenvalue weighted by Gasteiger charge is -2.10. The monoisotopic (exact) mass is 282 g/mol. The van der Waals surface area contributed by atoms with Crippen LogP contribution < -0.4 is 4.74 Å². The number of alkyl halides is 1. The largest absolute Gasteiger partial charge is 0.483 e. The minimum atomic E-state index is -0.733. The second-order valence-corrected chi connectivity index (χ2v) is 4.57. The van der Waals surface area contributed by atoms with Crippen molar-refractivity contribution in [1.82, 2.24) is 0 Å². The summed E-state index contributed by atoms with van der Waals surface area (Å²) in [5, 5.41) is 0. The first-order valence-electron chi connectivity index (χ1n) is 5.82.